The Morgan fingerprint density at radius 2 is 2.00 bits per heavy atom. The van der Waals surface area contributed by atoms with Gasteiger partial charge >= 0.3 is 0 Å². The Kier molecular flexibility index (Phi) is 4.46. The molecule has 1 saturated carbocycles. The lowest BCUT2D eigenvalue weighted by atomic mass is 9.71. The van der Waals surface area contributed by atoms with Gasteiger partial charge in [-0.25, -0.2) is 0 Å². The van der Waals surface area contributed by atoms with Crippen molar-refractivity contribution in [1.29, 1.82) is 0 Å². The predicted molar refractivity (Wildman–Crippen MR) is 91.4 cm³/mol. The predicted octanol–water partition coefficient (Wildman–Crippen LogP) is 3.01. The Labute approximate surface area is 144 Å². The molecule has 1 aromatic carbocycles. The minimum absolute atomic E-state index is 0.145. The Hall–Kier alpha value is -1.23. The Morgan fingerprint density at radius 3 is 2.71 bits per heavy atom. The molecule has 4 nitrogen and oxygen atoms in total. The fourth-order valence-corrected chi connectivity index (χ4v) is 4.87. The van der Waals surface area contributed by atoms with Gasteiger partial charge in [0.2, 0.25) is 0 Å². The monoisotopic (exact) mass is 329 g/mol. The third-order valence-electron chi connectivity index (χ3n) is 6.07. The zero-order valence-electron chi connectivity index (χ0n) is 14.4. The lowest BCUT2D eigenvalue weighted by Gasteiger charge is -2.50. The van der Waals surface area contributed by atoms with Crippen LogP contribution in [0.4, 0.5) is 0 Å². The van der Waals surface area contributed by atoms with Crippen LogP contribution < -0.4 is 0 Å². The zero-order chi connectivity index (χ0) is 16.6. The molecule has 1 aliphatic carbocycles. The van der Waals surface area contributed by atoms with Crippen LogP contribution in [0.15, 0.2) is 30.3 Å². The SMILES string of the molecule is CC(=O)[C@H]1C[C@@H]2CC3(CC[C@H]2N(Cc2ccccc2)C1)OCCO3. The number of ether oxygens (including phenoxy) is 2. The molecule has 4 heteroatoms. The van der Waals surface area contributed by atoms with E-state index in [2.05, 4.69) is 35.2 Å². The van der Waals surface area contributed by atoms with Crippen molar-refractivity contribution >= 4 is 5.78 Å². The van der Waals surface area contributed by atoms with Crippen molar-refractivity contribution in [3.8, 4) is 0 Å². The minimum atomic E-state index is -0.363. The fraction of sp³-hybridized carbons (Fsp3) is 0.650. The molecule has 1 spiro atoms. The number of likely N-dealkylation sites (tertiary alicyclic amines) is 1. The summed E-state index contributed by atoms with van der Waals surface area (Å²) in [6.07, 6.45) is 4.00. The molecule has 3 atom stereocenters. The third-order valence-corrected chi connectivity index (χ3v) is 6.07. The van der Waals surface area contributed by atoms with Gasteiger partial charge in [0.15, 0.2) is 5.79 Å². The third kappa shape index (κ3) is 3.15. The van der Waals surface area contributed by atoms with Crippen molar-refractivity contribution in [3.05, 3.63) is 35.9 Å². The second-order valence-electron chi connectivity index (χ2n) is 7.64. The van der Waals surface area contributed by atoms with E-state index in [0.29, 0.717) is 31.0 Å². The molecule has 3 fully saturated rings. The van der Waals surface area contributed by atoms with Gasteiger partial charge in [-0.3, -0.25) is 9.69 Å². The Bertz CT molecular complexity index is 582. The molecule has 24 heavy (non-hydrogen) atoms. The summed E-state index contributed by atoms with van der Waals surface area (Å²) in [4.78, 5) is 14.6. The molecule has 0 radical (unpaired) electrons. The molecule has 4 rings (SSSR count). The van der Waals surface area contributed by atoms with Gasteiger partial charge in [0.05, 0.1) is 13.2 Å². The molecule has 0 bridgehead atoms. The molecular formula is C20H27NO3. The highest BCUT2D eigenvalue weighted by molar-refractivity contribution is 5.78. The summed E-state index contributed by atoms with van der Waals surface area (Å²) in [6, 6.07) is 11.1. The van der Waals surface area contributed by atoms with Crippen LogP contribution in [-0.2, 0) is 20.8 Å². The first kappa shape index (κ1) is 16.2. The summed E-state index contributed by atoms with van der Waals surface area (Å²) in [6.45, 7) is 4.98. The van der Waals surface area contributed by atoms with Crippen LogP contribution in [-0.4, -0.2) is 42.3 Å². The van der Waals surface area contributed by atoms with Gasteiger partial charge in [-0.1, -0.05) is 30.3 Å². The maximum atomic E-state index is 12.1. The zero-order valence-corrected chi connectivity index (χ0v) is 14.4. The van der Waals surface area contributed by atoms with Crippen molar-refractivity contribution in [2.24, 2.45) is 11.8 Å². The van der Waals surface area contributed by atoms with E-state index >= 15 is 0 Å². The summed E-state index contributed by atoms with van der Waals surface area (Å²) in [5, 5.41) is 0. The Morgan fingerprint density at radius 1 is 1.25 bits per heavy atom. The molecule has 0 amide bonds. The molecule has 2 aliphatic heterocycles. The van der Waals surface area contributed by atoms with E-state index in [1.165, 1.54) is 5.56 Å². The maximum absolute atomic E-state index is 12.1. The van der Waals surface area contributed by atoms with Gasteiger partial charge < -0.3 is 9.47 Å². The lowest BCUT2D eigenvalue weighted by Crippen LogP contribution is -2.55. The van der Waals surface area contributed by atoms with E-state index in [1.54, 1.807) is 6.92 Å². The Balaban J connectivity index is 1.53. The number of carbonyl (C=O) groups is 1. The first-order valence-corrected chi connectivity index (χ1v) is 9.21. The number of benzene rings is 1. The molecule has 2 saturated heterocycles. The highest BCUT2D eigenvalue weighted by Crippen LogP contribution is 2.45. The maximum Gasteiger partial charge on any atom is 0.168 e. The number of piperidine rings is 1. The van der Waals surface area contributed by atoms with E-state index in [0.717, 1.165) is 38.8 Å². The summed E-state index contributed by atoms with van der Waals surface area (Å²) in [5.41, 5.74) is 1.33. The van der Waals surface area contributed by atoms with Gasteiger partial charge in [0.25, 0.3) is 0 Å². The van der Waals surface area contributed by atoms with Crippen LogP contribution in [0.3, 0.4) is 0 Å². The van der Waals surface area contributed by atoms with E-state index in [1.807, 2.05) is 0 Å². The van der Waals surface area contributed by atoms with Crippen molar-refractivity contribution in [2.75, 3.05) is 19.8 Å². The summed E-state index contributed by atoms with van der Waals surface area (Å²) < 4.78 is 11.9. The van der Waals surface area contributed by atoms with Crippen LogP contribution in [0.25, 0.3) is 0 Å². The van der Waals surface area contributed by atoms with Crippen LogP contribution in [0, 0.1) is 11.8 Å². The van der Waals surface area contributed by atoms with Crippen molar-refractivity contribution in [2.45, 2.75) is 51.0 Å². The van der Waals surface area contributed by atoms with Gasteiger partial charge in [-0.15, -0.1) is 0 Å². The summed E-state index contributed by atoms with van der Waals surface area (Å²) in [7, 11) is 0. The van der Waals surface area contributed by atoms with Crippen LogP contribution in [0.5, 0.6) is 0 Å². The first-order chi connectivity index (χ1) is 11.7. The molecular weight excluding hydrogens is 302 g/mol. The summed E-state index contributed by atoms with van der Waals surface area (Å²) >= 11 is 0. The quantitative estimate of drug-likeness (QED) is 0.854. The molecule has 0 unspecified atom stereocenters. The van der Waals surface area contributed by atoms with E-state index in [9.17, 15) is 4.79 Å². The topological polar surface area (TPSA) is 38.8 Å². The number of hydrogen-bond acceptors (Lipinski definition) is 4. The molecule has 2 heterocycles. The number of rotatable bonds is 3. The number of ketones is 1. The molecule has 0 aromatic heterocycles. The average Bonchev–Trinajstić information content (AvgIpc) is 3.03. The fourth-order valence-electron chi connectivity index (χ4n) is 4.87. The van der Waals surface area contributed by atoms with Crippen molar-refractivity contribution < 1.29 is 14.3 Å². The number of fused-ring (bicyclic) bond motifs is 1. The van der Waals surface area contributed by atoms with Gasteiger partial charge in [-0.05, 0) is 31.2 Å². The van der Waals surface area contributed by atoms with Crippen molar-refractivity contribution in [1.82, 2.24) is 4.90 Å². The molecule has 3 aliphatic rings. The molecule has 1 aromatic rings. The van der Waals surface area contributed by atoms with E-state index < -0.39 is 0 Å². The second kappa shape index (κ2) is 6.58. The molecule has 130 valence electrons. The van der Waals surface area contributed by atoms with Gasteiger partial charge in [0.1, 0.15) is 5.78 Å². The highest BCUT2D eigenvalue weighted by atomic mass is 16.7. The standard InChI is InChI=1S/C20H27NO3/c1-15(22)18-11-17-12-20(23-9-10-24-20)8-7-19(17)21(14-18)13-16-5-3-2-4-6-16/h2-6,17-19H,7-14H2,1H3/t17-,18+,19-/m1/s1. The minimum Gasteiger partial charge on any atom is -0.348 e. The second-order valence-corrected chi connectivity index (χ2v) is 7.64. The highest BCUT2D eigenvalue weighted by Gasteiger charge is 2.49. The van der Waals surface area contributed by atoms with Crippen LogP contribution >= 0.6 is 0 Å². The number of hydrogen-bond donors (Lipinski definition) is 0. The number of carbonyl (C=O) groups excluding carboxylic acids is 1. The van der Waals surface area contributed by atoms with Crippen molar-refractivity contribution in [3.63, 3.8) is 0 Å². The normalized spacial score (nSPS) is 32.6. The average molecular weight is 329 g/mol. The van der Waals surface area contributed by atoms with E-state index in [-0.39, 0.29) is 11.7 Å². The number of Topliss-reactive ketones (excluding diaryl/α,β-unsaturated/α-hetero) is 1. The van der Waals surface area contributed by atoms with E-state index in [4.69, 9.17) is 9.47 Å². The first-order valence-electron chi connectivity index (χ1n) is 9.21. The molecule has 0 N–H and O–H groups in total. The largest absolute Gasteiger partial charge is 0.348 e. The van der Waals surface area contributed by atoms with Crippen LogP contribution in [0.2, 0.25) is 0 Å². The number of nitrogens with zero attached hydrogens (tertiary/aromatic N) is 1. The van der Waals surface area contributed by atoms with Gasteiger partial charge in [0, 0.05) is 37.9 Å². The smallest absolute Gasteiger partial charge is 0.168 e. The van der Waals surface area contributed by atoms with Crippen LogP contribution in [0.1, 0.15) is 38.2 Å². The van der Waals surface area contributed by atoms with Gasteiger partial charge in [-0.2, -0.15) is 0 Å². The lowest BCUT2D eigenvalue weighted by molar-refractivity contribution is -0.204. The summed E-state index contributed by atoms with van der Waals surface area (Å²) in [5.74, 6) is 0.590.